The van der Waals surface area contributed by atoms with E-state index >= 15 is 0 Å². The van der Waals surface area contributed by atoms with Crippen molar-refractivity contribution in [1.82, 2.24) is 0 Å². The highest BCUT2D eigenvalue weighted by molar-refractivity contribution is 5.96. The van der Waals surface area contributed by atoms with E-state index < -0.39 is 0 Å². The van der Waals surface area contributed by atoms with Crippen molar-refractivity contribution >= 4 is 16.9 Å². The van der Waals surface area contributed by atoms with Gasteiger partial charge in [0.25, 0.3) is 0 Å². The van der Waals surface area contributed by atoms with Gasteiger partial charge < -0.3 is 4.90 Å². The van der Waals surface area contributed by atoms with E-state index in [2.05, 4.69) is 109 Å². The van der Waals surface area contributed by atoms with Crippen LogP contribution >= 0.6 is 0 Å². The Morgan fingerprint density at radius 2 is 1.58 bits per heavy atom. The number of hydrogen-bond acceptors (Lipinski definition) is 1. The lowest BCUT2D eigenvalue weighted by Gasteiger charge is -2.47. The van der Waals surface area contributed by atoms with Crippen LogP contribution in [0.15, 0.2) is 114 Å². The molecule has 8 rings (SSSR count). The Bertz CT molecular complexity index is 1500. The van der Waals surface area contributed by atoms with Crippen molar-refractivity contribution in [3.63, 3.8) is 0 Å². The molecule has 3 aromatic rings. The summed E-state index contributed by atoms with van der Waals surface area (Å²) < 4.78 is 0. The van der Waals surface area contributed by atoms with E-state index in [9.17, 15) is 0 Å². The van der Waals surface area contributed by atoms with E-state index in [4.69, 9.17) is 0 Å². The van der Waals surface area contributed by atoms with Gasteiger partial charge in [0.15, 0.2) is 0 Å². The zero-order chi connectivity index (χ0) is 21.7. The quantitative estimate of drug-likeness (QED) is 0.356. The monoisotopic (exact) mass is 423 g/mol. The number of hydrogen-bond donors (Lipinski definition) is 0. The van der Waals surface area contributed by atoms with Crippen LogP contribution in [0.1, 0.15) is 47.9 Å². The molecular formula is C32H25N. The van der Waals surface area contributed by atoms with E-state index in [1.807, 2.05) is 0 Å². The number of anilines is 2. The number of benzene rings is 3. The van der Waals surface area contributed by atoms with Crippen LogP contribution in [-0.4, -0.2) is 0 Å². The first-order valence-corrected chi connectivity index (χ1v) is 12.2. The fourth-order valence-electron chi connectivity index (χ4n) is 7.47. The zero-order valence-electron chi connectivity index (χ0n) is 18.8. The third kappa shape index (κ3) is 1.93. The summed E-state index contributed by atoms with van der Waals surface area (Å²) in [5, 5.41) is 0. The molecule has 158 valence electrons. The predicted molar refractivity (Wildman–Crippen MR) is 136 cm³/mol. The molecule has 0 saturated heterocycles. The molecule has 0 saturated carbocycles. The Balaban J connectivity index is 1.58. The van der Waals surface area contributed by atoms with Crippen LogP contribution in [0, 0.1) is 5.92 Å². The lowest BCUT2D eigenvalue weighted by molar-refractivity contribution is 0.576. The Morgan fingerprint density at radius 1 is 0.818 bits per heavy atom. The second kappa shape index (κ2) is 6.05. The molecule has 1 nitrogen and oxygen atoms in total. The highest BCUT2D eigenvalue weighted by Gasteiger charge is 2.56. The molecule has 33 heavy (non-hydrogen) atoms. The van der Waals surface area contributed by atoms with Gasteiger partial charge in [-0.05, 0) is 69.9 Å². The summed E-state index contributed by atoms with van der Waals surface area (Å²) in [5.41, 5.74) is 14.3. The van der Waals surface area contributed by atoms with Gasteiger partial charge in [-0.15, -0.1) is 0 Å². The molecular weight excluding hydrogens is 398 g/mol. The van der Waals surface area contributed by atoms with Gasteiger partial charge >= 0.3 is 0 Å². The standard InChI is InChI=1S/C32H25N/c1-20-18-19-27-31-30(20)23-12-4-8-16-28(23)33(31)29-17-9-7-15-26(29)32(27)24-13-5-2-10-21(24)22-11-3-6-14-25(22)32/h2-5,7-13,15-20,30H,6,14H2,1H3/t20-,30?,32?/m0/s1. The average molecular weight is 424 g/mol. The third-order valence-electron chi connectivity index (χ3n) is 8.61. The minimum Gasteiger partial charge on any atom is -0.313 e. The van der Waals surface area contributed by atoms with Gasteiger partial charge in [0.1, 0.15) is 0 Å². The van der Waals surface area contributed by atoms with Crippen molar-refractivity contribution < 1.29 is 0 Å². The van der Waals surface area contributed by atoms with Crippen LogP contribution in [0.2, 0.25) is 0 Å². The fourth-order valence-corrected chi connectivity index (χ4v) is 7.47. The van der Waals surface area contributed by atoms with E-state index in [-0.39, 0.29) is 5.41 Å². The molecule has 2 unspecified atom stereocenters. The number of allylic oxidation sites excluding steroid dienone is 8. The summed E-state index contributed by atoms with van der Waals surface area (Å²) in [7, 11) is 0. The minimum absolute atomic E-state index is 0.198. The second-order valence-corrected chi connectivity index (χ2v) is 10.0. The van der Waals surface area contributed by atoms with Crippen LogP contribution in [0.5, 0.6) is 0 Å². The van der Waals surface area contributed by atoms with Crippen molar-refractivity contribution in [2.45, 2.75) is 31.1 Å². The maximum Gasteiger partial charge on any atom is 0.0714 e. The van der Waals surface area contributed by atoms with Gasteiger partial charge in [0, 0.05) is 17.3 Å². The highest BCUT2D eigenvalue weighted by atomic mass is 15.2. The lowest BCUT2D eigenvalue weighted by Crippen LogP contribution is -2.40. The first kappa shape index (κ1) is 17.9. The van der Waals surface area contributed by atoms with E-state index in [1.165, 1.54) is 50.5 Å². The summed E-state index contributed by atoms with van der Waals surface area (Å²) in [6.07, 6.45) is 11.9. The van der Waals surface area contributed by atoms with E-state index in [1.54, 1.807) is 5.57 Å². The molecule has 1 spiro atoms. The minimum atomic E-state index is -0.198. The lowest BCUT2D eigenvalue weighted by atomic mass is 9.60. The zero-order valence-corrected chi connectivity index (χ0v) is 18.8. The van der Waals surface area contributed by atoms with E-state index in [0.29, 0.717) is 11.8 Å². The molecule has 3 aliphatic carbocycles. The number of nitrogens with zero attached hydrogens (tertiary/aromatic N) is 1. The molecule has 0 radical (unpaired) electrons. The SMILES string of the molecule is C[C@H]1C=CC2=C3C1c1ccccc1N3c1ccccc1C21C2=C(C=CCC2)c2ccccc21. The van der Waals surface area contributed by atoms with E-state index in [0.717, 1.165) is 12.8 Å². The van der Waals surface area contributed by atoms with Crippen molar-refractivity contribution in [3.05, 3.63) is 136 Å². The predicted octanol–water partition coefficient (Wildman–Crippen LogP) is 7.80. The molecule has 0 bridgehead atoms. The first-order valence-electron chi connectivity index (χ1n) is 12.2. The fraction of sp³-hybridized carbons (Fsp3) is 0.188. The van der Waals surface area contributed by atoms with Gasteiger partial charge in [-0.3, -0.25) is 0 Å². The molecule has 3 atom stereocenters. The topological polar surface area (TPSA) is 3.24 Å². The maximum atomic E-state index is 2.59. The van der Waals surface area contributed by atoms with Crippen LogP contribution in [-0.2, 0) is 5.41 Å². The molecule has 0 N–H and O–H groups in total. The van der Waals surface area contributed by atoms with Crippen molar-refractivity contribution in [2.75, 3.05) is 4.90 Å². The van der Waals surface area contributed by atoms with Gasteiger partial charge in [-0.25, -0.2) is 0 Å². The summed E-state index contributed by atoms with van der Waals surface area (Å²) >= 11 is 0. The van der Waals surface area contributed by atoms with Crippen LogP contribution in [0.4, 0.5) is 11.4 Å². The summed E-state index contributed by atoms with van der Waals surface area (Å²) in [4.78, 5) is 2.59. The summed E-state index contributed by atoms with van der Waals surface area (Å²) in [5.74, 6) is 0.885. The Hall–Kier alpha value is -3.58. The number of fused-ring (bicyclic) bond motifs is 11. The third-order valence-corrected chi connectivity index (χ3v) is 8.61. The van der Waals surface area contributed by atoms with Gasteiger partial charge in [-0.2, -0.15) is 0 Å². The summed E-state index contributed by atoms with van der Waals surface area (Å²) in [6.45, 7) is 2.38. The maximum absolute atomic E-state index is 2.59. The Labute approximate surface area is 195 Å². The van der Waals surface area contributed by atoms with Crippen LogP contribution in [0.25, 0.3) is 5.57 Å². The highest BCUT2D eigenvalue weighted by Crippen LogP contribution is 2.67. The molecule has 0 aromatic heterocycles. The molecule has 0 amide bonds. The van der Waals surface area contributed by atoms with Crippen molar-refractivity contribution in [1.29, 1.82) is 0 Å². The molecule has 0 fully saturated rings. The van der Waals surface area contributed by atoms with Crippen molar-refractivity contribution in [3.8, 4) is 0 Å². The molecule has 2 heterocycles. The normalized spacial score (nSPS) is 27.5. The van der Waals surface area contributed by atoms with Crippen molar-refractivity contribution in [2.24, 2.45) is 5.92 Å². The Morgan fingerprint density at radius 3 is 2.48 bits per heavy atom. The average Bonchev–Trinajstić information content (AvgIpc) is 3.37. The number of para-hydroxylation sites is 2. The smallest absolute Gasteiger partial charge is 0.0714 e. The van der Waals surface area contributed by atoms with Crippen LogP contribution < -0.4 is 4.90 Å². The van der Waals surface area contributed by atoms with Gasteiger partial charge in [0.05, 0.1) is 11.1 Å². The number of rotatable bonds is 0. The molecule has 3 aromatic carbocycles. The molecule has 5 aliphatic rings. The first-order chi connectivity index (χ1) is 16.3. The second-order valence-electron chi connectivity index (χ2n) is 10.0. The largest absolute Gasteiger partial charge is 0.313 e. The molecule has 2 aliphatic heterocycles. The molecule has 1 heteroatoms. The van der Waals surface area contributed by atoms with Crippen LogP contribution in [0.3, 0.4) is 0 Å². The van der Waals surface area contributed by atoms with Gasteiger partial charge in [-0.1, -0.05) is 91.9 Å². The van der Waals surface area contributed by atoms with Gasteiger partial charge in [0.2, 0.25) is 0 Å². The summed E-state index contributed by atoms with van der Waals surface area (Å²) in [6, 6.07) is 27.4. The Kier molecular flexibility index (Phi) is 3.29.